The summed E-state index contributed by atoms with van der Waals surface area (Å²) in [6.45, 7) is 1.50. The van der Waals surface area contributed by atoms with Crippen LogP contribution in [-0.2, 0) is 20.8 Å². The first-order valence-electron chi connectivity index (χ1n) is 6.81. The van der Waals surface area contributed by atoms with Gasteiger partial charge in [0.1, 0.15) is 17.6 Å². The van der Waals surface area contributed by atoms with Crippen molar-refractivity contribution in [3.8, 4) is 0 Å². The van der Waals surface area contributed by atoms with E-state index in [9.17, 15) is 18.8 Å². The van der Waals surface area contributed by atoms with Crippen molar-refractivity contribution in [2.24, 2.45) is 11.0 Å². The van der Waals surface area contributed by atoms with E-state index in [0.29, 0.717) is 5.56 Å². The van der Waals surface area contributed by atoms with Crippen molar-refractivity contribution in [1.29, 1.82) is 0 Å². The molecule has 7 nitrogen and oxygen atoms in total. The number of nitrogens with one attached hydrogen (secondary N) is 1. The summed E-state index contributed by atoms with van der Waals surface area (Å²) in [5, 5.41) is 16.0. The Hall–Kier alpha value is -3.03. The Morgan fingerprint density at radius 1 is 1.35 bits per heavy atom. The van der Waals surface area contributed by atoms with Gasteiger partial charge in [-0.3, -0.25) is 9.59 Å². The molecule has 0 saturated carbocycles. The second kappa shape index (κ2) is 5.31. The van der Waals surface area contributed by atoms with Crippen LogP contribution in [0.15, 0.2) is 40.8 Å². The number of allylic oxidation sites excluding steroid dienone is 1. The third kappa shape index (κ3) is 2.48. The molecule has 0 aromatic heterocycles. The average molecular weight is 317 g/mol. The van der Waals surface area contributed by atoms with E-state index < -0.39 is 35.2 Å². The minimum Gasteiger partial charge on any atom is -0.475 e. The van der Waals surface area contributed by atoms with Gasteiger partial charge in [-0.1, -0.05) is 12.1 Å². The molecule has 1 amide bonds. The maximum absolute atomic E-state index is 12.9. The first kappa shape index (κ1) is 14.9. The lowest BCUT2D eigenvalue weighted by molar-refractivity contribution is -0.140. The predicted octanol–water partition coefficient (Wildman–Crippen LogP) is 0.628. The monoisotopic (exact) mass is 317 g/mol. The molecule has 1 unspecified atom stereocenters. The second-order valence-corrected chi connectivity index (χ2v) is 5.25. The lowest BCUT2D eigenvalue weighted by atomic mass is 9.88. The van der Waals surface area contributed by atoms with E-state index in [1.807, 2.05) is 0 Å². The highest BCUT2D eigenvalue weighted by molar-refractivity contribution is 6.36. The number of fused-ring (bicyclic) bond motifs is 1. The summed E-state index contributed by atoms with van der Waals surface area (Å²) in [5.41, 5.74) is 0.862. The molecule has 118 valence electrons. The predicted molar refractivity (Wildman–Crippen MR) is 76.4 cm³/mol. The number of carbonyl (C=O) groups is 3. The second-order valence-electron chi connectivity index (χ2n) is 5.25. The minimum absolute atomic E-state index is 0.0766. The lowest BCUT2D eigenvalue weighted by Crippen LogP contribution is -2.43. The summed E-state index contributed by atoms with van der Waals surface area (Å²) in [4.78, 5) is 35.8. The number of carboxylic acids is 1. The van der Waals surface area contributed by atoms with Gasteiger partial charge >= 0.3 is 5.97 Å². The van der Waals surface area contributed by atoms with Gasteiger partial charge in [0.2, 0.25) is 5.84 Å². The standard InChI is InChI=1S/C15H12FN3O4/c1-7-11(20)10(6-8-2-4-9(16)5-3-8)14(21)19-13(7)17-12(18-19)15(22)23/h2-5,10H,6H2,1H3,(H,17,18)(H,22,23). The van der Waals surface area contributed by atoms with Gasteiger partial charge in [0.15, 0.2) is 5.78 Å². The molecule has 1 aromatic rings. The van der Waals surface area contributed by atoms with Crippen molar-refractivity contribution in [3.05, 3.63) is 47.0 Å². The molecule has 2 N–H and O–H groups in total. The molecule has 23 heavy (non-hydrogen) atoms. The fourth-order valence-corrected chi connectivity index (χ4v) is 2.52. The van der Waals surface area contributed by atoms with Crippen molar-refractivity contribution in [2.45, 2.75) is 13.3 Å². The van der Waals surface area contributed by atoms with Gasteiger partial charge in [-0.15, -0.1) is 5.10 Å². The number of nitrogens with zero attached hydrogens (tertiary/aromatic N) is 2. The highest BCUT2D eigenvalue weighted by Crippen LogP contribution is 2.28. The Kier molecular flexibility index (Phi) is 3.44. The fraction of sp³-hybridized carbons (Fsp3) is 0.200. The molecule has 8 heteroatoms. The summed E-state index contributed by atoms with van der Waals surface area (Å²) in [6.07, 6.45) is 0.0942. The number of benzene rings is 1. The van der Waals surface area contributed by atoms with Crippen molar-refractivity contribution in [3.63, 3.8) is 0 Å². The largest absolute Gasteiger partial charge is 0.475 e. The van der Waals surface area contributed by atoms with E-state index in [-0.39, 0.29) is 17.8 Å². The summed E-state index contributed by atoms with van der Waals surface area (Å²) in [5.74, 6) is -4.09. The zero-order valence-electron chi connectivity index (χ0n) is 12.0. The van der Waals surface area contributed by atoms with Crippen LogP contribution in [0, 0.1) is 11.7 Å². The van der Waals surface area contributed by atoms with Gasteiger partial charge in [0.05, 0.1) is 0 Å². The summed E-state index contributed by atoms with van der Waals surface area (Å²) in [7, 11) is 0. The number of hydrogen-bond acceptors (Lipinski definition) is 5. The number of Topliss-reactive ketones (excluding diaryl/α,β-unsaturated/α-hetero) is 1. The molecule has 1 aromatic carbocycles. The number of hydrogen-bond donors (Lipinski definition) is 2. The third-order valence-corrected chi connectivity index (χ3v) is 3.75. The molecular formula is C15H12FN3O4. The molecule has 0 bridgehead atoms. The quantitative estimate of drug-likeness (QED) is 0.797. The van der Waals surface area contributed by atoms with Crippen LogP contribution >= 0.6 is 0 Å². The SMILES string of the molecule is CC1=C2NC(C(=O)O)=NN2C(=O)C(Cc2ccc(F)cc2)C1=O. The maximum atomic E-state index is 12.9. The number of hydrazone groups is 1. The smallest absolute Gasteiger partial charge is 0.373 e. The van der Waals surface area contributed by atoms with Crippen LogP contribution in [0.4, 0.5) is 4.39 Å². The molecule has 0 spiro atoms. The van der Waals surface area contributed by atoms with Crippen LogP contribution < -0.4 is 5.32 Å². The minimum atomic E-state index is -1.32. The van der Waals surface area contributed by atoms with Gasteiger partial charge < -0.3 is 10.4 Å². The van der Waals surface area contributed by atoms with Gasteiger partial charge in [0, 0.05) is 5.57 Å². The van der Waals surface area contributed by atoms with E-state index in [1.54, 1.807) is 0 Å². The Balaban J connectivity index is 1.92. The molecular weight excluding hydrogens is 305 g/mol. The Morgan fingerprint density at radius 3 is 2.61 bits per heavy atom. The van der Waals surface area contributed by atoms with Crippen LogP contribution in [0.5, 0.6) is 0 Å². The summed E-state index contributed by atoms with van der Waals surface area (Å²) in [6, 6.07) is 5.50. The normalized spacial score (nSPS) is 20.3. The van der Waals surface area contributed by atoms with Gasteiger partial charge in [-0.2, -0.15) is 5.01 Å². The number of ketones is 1. The number of rotatable bonds is 3. The highest BCUT2D eigenvalue weighted by Gasteiger charge is 2.43. The molecule has 2 aliphatic heterocycles. The van der Waals surface area contributed by atoms with Crippen molar-refractivity contribution >= 4 is 23.5 Å². The van der Waals surface area contributed by atoms with E-state index >= 15 is 0 Å². The molecule has 1 atom stereocenters. The van der Waals surface area contributed by atoms with Crippen LogP contribution in [0.25, 0.3) is 0 Å². The van der Waals surface area contributed by atoms with E-state index in [2.05, 4.69) is 10.4 Å². The average Bonchev–Trinajstić information content (AvgIpc) is 2.97. The van der Waals surface area contributed by atoms with Crippen molar-refractivity contribution < 1.29 is 23.9 Å². The van der Waals surface area contributed by atoms with Crippen LogP contribution in [0.2, 0.25) is 0 Å². The van der Waals surface area contributed by atoms with Crippen molar-refractivity contribution in [2.75, 3.05) is 0 Å². The van der Waals surface area contributed by atoms with E-state index in [0.717, 1.165) is 5.01 Å². The number of halogens is 1. The number of carboxylic acid groups (broad SMARTS) is 1. The van der Waals surface area contributed by atoms with Gasteiger partial charge in [-0.25, -0.2) is 9.18 Å². The zero-order chi connectivity index (χ0) is 16.7. The number of aliphatic carboxylic acids is 1. The number of amides is 1. The summed E-state index contributed by atoms with van der Waals surface area (Å²) < 4.78 is 12.9. The third-order valence-electron chi connectivity index (χ3n) is 3.75. The lowest BCUT2D eigenvalue weighted by Gasteiger charge is -2.27. The first-order chi connectivity index (χ1) is 10.9. The number of amidine groups is 1. The van der Waals surface area contributed by atoms with Crippen LogP contribution in [0.3, 0.4) is 0 Å². The molecule has 0 radical (unpaired) electrons. The maximum Gasteiger partial charge on any atom is 0.373 e. The Bertz CT molecular complexity index is 782. The van der Waals surface area contributed by atoms with Crippen LogP contribution in [-0.4, -0.2) is 33.6 Å². The molecule has 3 rings (SSSR count). The molecule has 2 aliphatic rings. The molecule has 0 fully saturated rings. The zero-order valence-corrected chi connectivity index (χ0v) is 12.0. The van der Waals surface area contributed by atoms with Gasteiger partial charge in [0.25, 0.3) is 5.91 Å². The molecule has 2 heterocycles. The van der Waals surface area contributed by atoms with Crippen LogP contribution in [0.1, 0.15) is 12.5 Å². The van der Waals surface area contributed by atoms with Gasteiger partial charge in [-0.05, 0) is 31.0 Å². The van der Waals surface area contributed by atoms with E-state index in [4.69, 9.17) is 5.11 Å². The Morgan fingerprint density at radius 2 is 2.00 bits per heavy atom. The fourth-order valence-electron chi connectivity index (χ4n) is 2.52. The molecule has 0 aliphatic carbocycles. The number of carbonyl (C=O) groups excluding carboxylic acids is 2. The Labute approximate surface area is 130 Å². The molecule has 0 saturated heterocycles. The van der Waals surface area contributed by atoms with E-state index in [1.165, 1.54) is 31.2 Å². The highest BCUT2D eigenvalue weighted by atomic mass is 19.1. The van der Waals surface area contributed by atoms with Crippen molar-refractivity contribution in [1.82, 2.24) is 10.3 Å². The topological polar surface area (TPSA) is 99.1 Å². The first-order valence-corrected chi connectivity index (χ1v) is 6.81. The summed E-state index contributed by atoms with van der Waals surface area (Å²) >= 11 is 0.